The second-order valence-corrected chi connectivity index (χ2v) is 7.71. The van der Waals surface area contributed by atoms with Crippen LogP contribution in [-0.2, 0) is 9.63 Å². The van der Waals surface area contributed by atoms with Gasteiger partial charge in [-0.3, -0.25) is 4.79 Å². The minimum Gasteiger partial charge on any atom is -0.381 e. The van der Waals surface area contributed by atoms with Crippen molar-refractivity contribution in [3.63, 3.8) is 0 Å². The minimum absolute atomic E-state index is 0.0774. The Balaban J connectivity index is 1.61. The van der Waals surface area contributed by atoms with Crippen LogP contribution in [0.1, 0.15) is 56.0 Å². The van der Waals surface area contributed by atoms with E-state index in [1.807, 2.05) is 39.1 Å². The monoisotopic (exact) mass is 398 g/mol. The predicted molar refractivity (Wildman–Crippen MR) is 112 cm³/mol. The Morgan fingerprint density at radius 3 is 2.62 bits per heavy atom. The number of nitrogens with zero attached hydrogens (tertiary/aromatic N) is 5. The minimum atomic E-state index is -0.692. The van der Waals surface area contributed by atoms with Crippen molar-refractivity contribution in [2.45, 2.75) is 65.0 Å². The van der Waals surface area contributed by atoms with E-state index < -0.39 is 6.10 Å². The summed E-state index contributed by atoms with van der Waals surface area (Å²) in [4.78, 5) is 24.2. The number of amides is 1. The Morgan fingerprint density at radius 1 is 1.31 bits per heavy atom. The van der Waals surface area contributed by atoms with Gasteiger partial charge in [0.05, 0.1) is 5.69 Å². The van der Waals surface area contributed by atoms with Gasteiger partial charge in [0.2, 0.25) is 6.10 Å². The molecule has 1 fully saturated rings. The third kappa shape index (κ3) is 4.93. The largest absolute Gasteiger partial charge is 0.381 e. The van der Waals surface area contributed by atoms with Crippen molar-refractivity contribution >= 4 is 11.7 Å². The summed E-state index contributed by atoms with van der Waals surface area (Å²) < 4.78 is 1.77. The highest BCUT2D eigenvalue weighted by Gasteiger charge is 2.26. The zero-order valence-electron chi connectivity index (χ0n) is 17.6. The summed E-state index contributed by atoms with van der Waals surface area (Å²) in [7, 11) is 1.84. The molecule has 1 aliphatic carbocycles. The molecule has 1 atom stereocenters. The van der Waals surface area contributed by atoms with E-state index in [9.17, 15) is 4.79 Å². The number of pyridine rings is 1. The van der Waals surface area contributed by atoms with Crippen LogP contribution in [0.3, 0.4) is 0 Å². The number of oxime groups is 1. The lowest BCUT2D eigenvalue weighted by molar-refractivity contribution is -0.144. The van der Waals surface area contributed by atoms with E-state index in [0.717, 1.165) is 24.2 Å². The van der Waals surface area contributed by atoms with Crippen molar-refractivity contribution < 1.29 is 9.63 Å². The first kappa shape index (κ1) is 20.8. The Kier molecular flexibility index (Phi) is 6.51. The van der Waals surface area contributed by atoms with Gasteiger partial charge in [-0.25, -0.2) is 9.67 Å². The van der Waals surface area contributed by atoms with Crippen LogP contribution in [0.2, 0.25) is 0 Å². The van der Waals surface area contributed by atoms with Gasteiger partial charge in [-0.15, -0.1) is 0 Å². The van der Waals surface area contributed by atoms with E-state index >= 15 is 0 Å². The molecule has 156 valence electrons. The van der Waals surface area contributed by atoms with Crippen molar-refractivity contribution in [2.75, 3.05) is 7.05 Å². The highest BCUT2D eigenvalue weighted by molar-refractivity contribution is 5.96. The van der Waals surface area contributed by atoms with Gasteiger partial charge in [-0.2, -0.15) is 5.10 Å². The van der Waals surface area contributed by atoms with Crippen molar-refractivity contribution in [2.24, 2.45) is 10.9 Å². The first-order chi connectivity index (χ1) is 13.9. The average molecular weight is 399 g/mol. The number of rotatable bonds is 6. The lowest BCUT2D eigenvalue weighted by Crippen LogP contribution is -2.43. The summed E-state index contributed by atoms with van der Waals surface area (Å²) in [5.41, 5.74) is 8.58. The molecule has 0 aromatic carbocycles. The number of aryl methyl sites for hydroxylation is 2. The molecule has 0 radical (unpaired) electrons. The maximum atomic E-state index is 12.6. The second-order valence-electron chi connectivity index (χ2n) is 7.71. The molecule has 1 saturated carbocycles. The van der Waals surface area contributed by atoms with Crippen LogP contribution in [0.4, 0.5) is 0 Å². The maximum absolute atomic E-state index is 12.6. The first-order valence-corrected chi connectivity index (χ1v) is 10.1. The molecule has 2 aromatic heterocycles. The lowest BCUT2D eigenvalue weighted by Gasteiger charge is -2.32. The normalized spacial score (nSPS) is 16.5. The maximum Gasteiger partial charge on any atom is 0.266 e. The zero-order chi connectivity index (χ0) is 21.0. The molecule has 0 saturated heterocycles. The van der Waals surface area contributed by atoms with Gasteiger partial charge in [0, 0.05) is 30.5 Å². The highest BCUT2D eigenvalue weighted by atomic mass is 16.6. The molecular weight excluding hydrogens is 368 g/mol. The van der Waals surface area contributed by atoms with E-state index in [0.29, 0.717) is 11.4 Å². The number of nitrogens with two attached hydrogens (primary N) is 1. The van der Waals surface area contributed by atoms with E-state index in [2.05, 4.69) is 15.2 Å². The Hall–Kier alpha value is -2.90. The third-order valence-electron chi connectivity index (χ3n) is 5.40. The summed E-state index contributed by atoms with van der Waals surface area (Å²) in [5.74, 6) is 0.801. The molecule has 0 bridgehead atoms. The van der Waals surface area contributed by atoms with Crippen molar-refractivity contribution in [3.8, 4) is 5.82 Å². The van der Waals surface area contributed by atoms with Crippen LogP contribution in [0.15, 0.2) is 29.6 Å². The van der Waals surface area contributed by atoms with Crippen molar-refractivity contribution in [1.29, 1.82) is 0 Å². The van der Waals surface area contributed by atoms with Gasteiger partial charge < -0.3 is 15.5 Å². The number of hydrogen-bond acceptors (Lipinski definition) is 5. The second kappa shape index (κ2) is 9.07. The molecule has 8 heteroatoms. The molecule has 0 spiro atoms. The zero-order valence-corrected chi connectivity index (χ0v) is 17.6. The quantitative estimate of drug-likeness (QED) is 0.458. The summed E-state index contributed by atoms with van der Waals surface area (Å²) in [6, 6.07) is 5.90. The van der Waals surface area contributed by atoms with Crippen LogP contribution >= 0.6 is 0 Å². The predicted octanol–water partition coefficient (Wildman–Crippen LogP) is 2.70. The van der Waals surface area contributed by atoms with Crippen molar-refractivity contribution in [3.05, 3.63) is 41.3 Å². The number of hydrogen-bond donors (Lipinski definition) is 1. The van der Waals surface area contributed by atoms with Gasteiger partial charge in [0.15, 0.2) is 11.7 Å². The van der Waals surface area contributed by atoms with E-state index in [-0.39, 0.29) is 17.8 Å². The summed E-state index contributed by atoms with van der Waals surface area (Å²) in [5, 5.41) is 8.37. The molecule has 2 heterocycles. The van der Waals surface area contributed by atoms with Crippen LogP contribution in [0.5, 0.6) is 0 Å². The first-order valence-electron chi connectivity index (χ1n) is 10.1. The lowest BCUT2D eigenvalue weighted by atomic mass is 9.94. The molecule has 2 aromatic rings. The highest BCUT2D eigenvalue weighted by Crippen LogP contribution is 2.22. The van der Waals surface area contributed by atoms with Gasteiger partial charge >= 0.3 is 0 Å². The number of aromatic nitrogens is 3. The molecule has 8 nitrogen and oxygen atoms in total. The molecule has 1 unspecified atom stereocenters. The van der Waals surface area contributed by atoms with Crippen LogP contribution in [0, 0.1) is 13.8 Å². The Morgan fingerprint density at radius 2 is 2.03 bits per heavy atom. The molecule has 1 amide bonds. The molecule has 29 heavy (non-hydrogen) atoms. The van der Waals surface area contributed by atoms with Crippen molar-refractivity contribution in [1.82, 2.24) is 19.7 Å². The Bertz CT molecular complexity index is 868. The van der Waals surface area contributed by atoms with Crippen LogP contribution in [0.25, 0.3) is 5.82 Å². The summed E-state index contributed by atoms with van der Waals surface area (Å²) in [6.45, 7) is 5.61. The number of likely N-dealkylation sites (N-methyl/N-ethyl adjacent to an activating group) is 1. The van der Waals surface area contributed by atoms with E-state index in [1.165, 1.54) is 19.3 Å². The van der Waals surface area contributed by atoms with Gasteiger partial charge in [-0.1, -0.05) is 24.4 Å². The summed E-state index contributed by atoms with van der Waals surface area (Å²) in [6.07, 6.45) is 6.61. The standard InChI is InChI=1S/C21H30N6O2/c1-14-12-15(2)27(24-14)19-11-10-17(13-23-19)20(22)25-29-16(3)21(28)26(4)18-8-6-5-7-9-18/h10-13,16,18H,5-9H2,1-4H3,(H2,22,25). The fourth-order valence-electron chi connectivity index (χ4n) is 3.69. The smallest absolute Gasteiger partial charge is 0.266 e. The average Bonchev–Trinajstić information content (AvgIpc) is 3.09. The molecule has 3 rings (SSSR count). The molecule has 1 aliphatic rings. The van der Waals surface area contributed by atoms with Gasteiger partial charge in [-0.05, 0) is 51.8 Å². The van der Waals surface area contributed by atoms with E-state index in [1.54, 1.807) is 22.7 Å². The Labute approximate surface area is 171 Å². The van der Waals surface area contributed by atoms with Crippen LogP contribution < -0.4 is 5.73 Å². The summed E-state index contributed by atoms with van der Waals surface area (Å²) >= 11 is 0. The topological polar surface area (TPSA) is 98.6 Å². The van der Waals surface area contributed by atoms with Crippen LogP contribution in [-0.4, -0.2) is 50.6 Å². The fourth-order valence-corrected chi connectivity index (χ4v) is 3.69. The van der Waals surface area contributed by atoms with E-state index in [4.69, 9.17) is 10.6 Å². The van der Waals surface area contributed by atoms with Gasteiger partial charge in [0.1, 0.15) is 0 Å². The number of carbonyl (C=O) groups excluding carboxylic acids is 1. The molecular formula is C21H30N6O2. The third-order valence-corrected chi connectivity index (χ3v) is 5.40. The number of carbonyl (C=O) groups is 1. The number of amidine groups is 1. The fraction of sp³-hybridized carbons (Fsp3) is 0.524. The molecule has 0 aliphatic heterocycles. The molecule has 2 N–H and O–H groups in total. The van der Waals surface area contributed by atoms with Gasteiger partial charge in [0.25, 0.3) is 5.91 Å². The SMILES string of the molecule is Cc1cc(C)n(-c2ccc(C(N)=NOC(C)C(=O)N(C)C3CCCCC3)cn2)n1.